The molecule has 0 spiro atoms. The Hall–Kier alpha value is -3.81. The van der Waals surface area contributed by atoms with Crippen molar-refractivity contribution in [3.63, 3.8) is 0 Å². The first-order valence-corrected chi connectivity index (χ1v) is 15.2. The molecular formula is C35H42N4O3. The van der Waals surface area contributed by atoms with Gasteiger partial charge in [0.25, 0.3) is 5.91 Å². The van der Waals surface area contributed by atoms with Gasteiger partial charge in [-0.15, -0.1) is 0 Å². The number of imidazole rings is 1. The number of nitrogens with zero attached hydrogens (tertiary/aromatic N) is 4. The summed E-state index contributed by atoms with van der Waals surface area (Å²) in [4.78, 5) is 36.7. The van der Waals surface area contributed by atoms with E-state index in [0.29, 0.717) is 31.1 Å². The van der Waals surface area contributed by atoms with Crippen LogP contribution in [0.1, 0.15) is 65.6 Å². The lowest BCUT2D eigenvalue weighted by atomic mass is 9.87. The second kappa shape index (κ2) is 13.9. The van der Waals surface area contributed by atoms with Crippen LogP contribution in [0, 0.1) is 5.92 Å². The zero-order chi connectivity index (χ0) is 29.5. The smallest absolute Gasteiger partial charge is 0.254 e. The van der Waals surface area contributed by atoms with Crippen molar-refractivity contribution < 1.29 is 14.3 Å². The molecule has 7 heteroatoms. The predicted molar refractivity (Wildman–Crippen MR) is 167 cm³/mol. The number of aromatic nitrogens is 2. The molecule has 220 valence electrons. The predicted octanol–water partition coefficient (Wildman–Crippen LogP) is 6.26. The van der Waals surface area contributed by atoms with Crippen LogP contribution in [-0.2, 0) is 11.3 Å². The lowest BCUT2D eigenvalue weighted by Gasteiger charge is -2.45. The summed E-state index contributed by atoms with van der Waals surface area (Å²) in [6.07, 6.45) is 2.21. The molecule has 5 rings (SSSR count). The standard InChI is InChI=1S/C35H42N4O3/c1-4-29(26-14-8-6-9-15-26)34(37(3)35(41)28-16-10-7-11-17-28)38-22-20-27(21-23-38)32(40)33-36-30-18-12-13-19-31(30)39(33)24-25-42-5-2/h6-19,27,29,34H,4-5,20-25H2,1-3H3. The van der Waals surface area contributed by atoms with Crippen molar-refractivity contribution in [3.05, 3.63) is 102 Å². The topological polar surface area (TPSA) is 67.7 Å². The van der Waals surface area contributed by atoms with Crippen LogP contribution < -0.4 is 0 Å². The molecule has 1 aromatic heterocycles. The third-order valence-electron chi connectivity index (χ3n) is 8.58. The van der Waals surface area contributed by atoms with Crippen molar-refractivity contribution in [2.24, 2.45) is 5.92 Å². The van der Waals surface area contributed by atoms with Crippen molar-refractivity contribution in [2.45, 2.75) is 51.7 Å². The molecule has 1 aliphatic rings. The summed E-state index contributed by atoms with van der Waals surface area (Å²) in [5, 5.41) is 0. The highest BCUT2D eigenvalue weighted by Gasteiger charge is 2.38. The summed E-state index contributed by atoms with van der Waals surface area (Å²) >= 11 is 0. The number of piperidine rings is 1. The number of para-hydroxylation sites is 2. The molecule has 0 aliphatic carbocycles. The average molecular weight is 567 g/mol. The number of ether oxygens (including phenoxy) is 1. The van der Waals surface area contributed by atoms with Gasteiger partial charge in [-0.05, 0) is 56.0 Å². The zero-order valence-electron chi connectivity index (χ0n) is 25.0. The van der Waals surface area contributed by atoms with Gasteiger partial charge in [0.1, 0.15) is 0 Å². The van der Waals surface area contributed by atoms with E-state index in [1.807, 2.05) is 84.1 Å². The number of hydrogen-bond donors (Lipinski definition) is 0. The Balaban J connectivity index is 1.38. The fourth-order valence-corrected chi connectivity index (χ4v) is 6.39. The van der Waals surface area contributed by atoms with Gasteiger partial charge >= 0.3 is 0 Å². The first-order chi connectivity index (χ1) is 20.5. The van der Waals surface area contributed by atoms with E-state index in [2.05, 4.69) is 36.1 Å². The van der Waals surface area contributed by atoms with Crippen molar-refractivity contribution in [1.29, 1.82) is 0 Å². The summed E-state index contributed by atoms with van der Waals surface area (Å²) in [6, 6.07) is 27.9. The molecule has 7 nitrogen and oxygen atoms in total. The van der Waals surface area contributed by atoms with Crippen molar-refractivity contribution in [2.75, 3.05) is 33.4 Å². The largest absolute Gasteiger partial charge is 0.380 e. The Bertz CT molecular complexity index is 1460. The van der Waals surface area contributed by atoms with E-state index in [1.165, 1.54) is 5.56 Å². The molecule has 1 fully saturated rings. The van der Waals surface area contributed by atoms with Crippen LogP contribution in [-0.4, -0.2) is 70.6 Å². The Morgan fingerprint density at radius 3 is 2.24 bits per heavy atom. The molecule has 2 atom stereocenters. The lowest BCUT2D eigenvalue weighted by molar-refractivity contribution is 0.0143. The molecule has 2 heterocycles. The van der Waals surface area contributed by atoms with Crippen LogP contribution >= 0.6 is 0 Å². The van der Waals surface area contributed by atoms with Crippen molar-refractivity contribution in [1.82, 2.24) is 19.4 Å². The van der Waals surface area contributed by atoms with E-state index in [4.69, 9.17) is 9.72 Å². The summed E-state index contributed by atoms with van der Waals surface area (Å²) in [5.41, 5.74) is 3.71. The van der Waals surface area contributed by atoms with Gasteiger partial charge in [-0.25, -0.2) is 4.98 Å². The highest BCUT2D eigenvalue weighted by Crippen LogP contribution is 2.33. The molecular weight excluding hydrogens is 524 g/mol. The van der Waals surface area contributed by atoms with Crippen LogP contribution in [0.5, 0.6) is 0 Å². The number of ketones is 1. The van der Waals surface area contributed by atoms with E-state index in [-0.39, 0.29) is 29.7 Å². The fraction of sp³-hybridized carbons (Fsp3) is 0.400. The molecule has 3 aromatic carbocycles. The molecule has 4 aromatic rings. The van der Waals surface area contributed by atoms with Crippen LogP contribution in [0.4, 0.5) is 0 Å². The average Bonchev–Trinajstić information content (AvgIpc) is 3.42. The third kappa shape index (κ3) is 6.32. The monoisotopic (exact) mass is 566 g/mol. The number of fused-ring (bicyclic) bond motifs is 1. The van der Waals surface area contributed by atoms with E-state index < -0.39 is 0 Å². The second-order valence-corrected chi connectivity index (χ2v) is 11.1. The quantitative estimate of drug-likeness (QED) is 0.150. The molecule has 0 bridgehead atoms. The number of carbonyl (C=O) groups is 2. The number of likely N-dealkylation sites (N-methyl/N-ethyl adjacent to an activating group) is 1. The minimum atomic E-state index is -0.128. The molecule has 0 N–H and O–H groups in total. The molecule has 1 aliphatic heterocycles. The van der Waals surface area contributed by atoms with Gasteiger partial charge < -0.3 is 14.2 Å². The third-order valence-corrected chi connectivity index (χ3v) is 8.58. The van der Waals surface area contributed by atoms with Gasteiger partial charge in [0.05, 0.1) is 23.8 Å². The minimum absolute atomic E-state index is 0.0104. The lowest BCUT2D eigenvalue weighted by Crippen LogP contribution is -2.55. The van der Waals surface area contributed by atoms with Crippen LogP contribution in [0.2, 0.25) is 0 Å². The van der Waals surface area contributed by atoms with Gasteiger partial charge in [0, 0.05) is 50.7 Å². The molecule has 0 saturated carbocycles. The summed E-state index contributed by atoms with van der Waals surface area (Å²) in [5.74, 6) is 0.660. The number of carbonyl (C=O) groups excluding carboxylic acids is 2. The Kier molecular flexibility index (Phi) is 9.82. The Labute approximate surface area is 249 Å². The molecule has 1 saturated heterocycles. The SMILES string of the molecule is CCOCCn1c(C(=O)C2CCN(C(C(CC)c3ccccc3)N(C)C(=O)c3ccccc3)CC2)nc2ccccc21. The maximum absolute atomic E-state index is 13.9. The van der Waals surface area contributed by atoms with Gasteiger partial charge in [0.2, 0.25) is 5.78 Å². The second-order valence-electron chi connectivity index (χ2n) is 11.1. The van der Waals surface area contributed by atoms with E-state index >= 15 is 0 Å². The number of Topliss-reactive ketones (excluding diaryl/α,β-unsaturated/α-hetero) is 1. The van der Waals surface area contributed by atoms with Gasteiger partial charge in [-0.2, -0.15) is 0 Å². The minimum Gasteiger partial charge on any atom is -0.380 e. The highest BCUT2D eigenvalue weighted by atomic mass is 16.5. The van der Waals surface area contributed by atoms with Crippen LogP contribution in [0.3, 0.4) is 0 Å². The number of rotatable bonds is 12. The maximum Gasteiger partial charge on any atom is 0.254 e. The van der Waals surface area contributed by atoms with Crippen LogP contribution in [0.25, 0.3) is 11.0 Å². The van der Waals surface area contributed by atoms with Gasteiger partial charge in [0.15, 0.2) is 5.82 Å². The molecule has 2 unspecified atom stereocenters. The van der Waals surface area contributed by atoms with E-state index in [9.17, 15) is 9.59 Å². The normalized spacial score (nSPS) is 15.9. The highest BCUT2D eigenvalue weighted by molar-refractivity contribution is 5.98. The van der Waals surface area contributed by atoms with E-state index in [1.54, 1.807) is 0 Å². The molecule has 0 radical (unpaired) electrons. The first-order valence-electron chi connectivity index (χ1n) is 15.2. The zero-order valence-corrected chi connectivity index (χ0v) is 25.0. The van der Waals surface area contributed by atoms with E-state index in [0.717, 1.165) is 43.4 Å². The van der Waals surface area contributed by atoms with Crippen LogP contribution in [0.15, 0.2) is 84.9 Å². The number of hydrogen-bond acceptors (Lipinski definition) is 5. The molecule has 42 heavy (non-hydrogen) atoms. The molecule has 1 amide bonds. The fourth-order valence-electron chi connectivity index (χ4n) is 6.39. The van der Waals surface area contributed by atoms with Gasteiger partial charge in [-0.1, -0.05) is 67.6 Å². The Morgan fingerprint density at radius 1 is 0.929 bits per heavy atom. The first kappa shape index (κ1) is 29.7. The van der Waals surface area contributed by atoms with Gasteiger partial charge in [-0.3, -0.25) is 14.5 Å². The maximum atomic E-state index is 13.9. The van der Waals surface area contributed by atoms with Crippen molar-refractivity contribution >= 4 is 22.7 Å². The number of amides is 1. The Morgan fingerprint density at radius 2 is 1.57 bits per heavy atom. The number of likely N-dealkylation sites (tertiary alicyclic amines) is 1. The summed E-state index contributed by atoms with van der Waals surface area (Å²) in [6.45, 7) is 7.40. The summed E-state index contributed by atoms with van der Waals surface area (Å²) < 4.78 is 7.65. The summed E-state index contributed by atoms with van der Waals surface area (Å²) in [7, 11) is 1.92. The number of benzene rings is 3. The van der Waals surface area contributed by atoms with Crippen molar-refractivity contribution in [3.8, 4) is 0 Å².